The lowest BCUT2D eigenvalue weighted by molar-refractivity contribution is 0.135. The molecule has 0 aliphatic rings. The molecule has 2 amide bonds. The highest BCUT2D eigenvalue weighted by molar-refractivity contribution is 5.71. The molecule has 14 heavy (non-hydrogen) atoms. The highest BCUT2D eigenvalue weighted by atomic mass is 16.3. The number of aliphatic hydroxyl groups is 1. The van der Waals surface area contributed by atoms with Gasteiger partial charge in [-0.3, -0.25) is 0 Å². The third-order valence-corrected chi connectivity index (χ3v) is 1.56. The first-order valence-corrected chi connectivity index (χ1v) is 4.59. The van der Waals surface area contributed by atoms with E-state index in [1.807, 2.05) is 19.0 Å². The maximum atomic E-state index is 10.3. The molecule has 0 saturated heterocycles. The van der Waals surface area contributed by atoms with Crippen LogP contribution in [0.3, 0.4) is 0 Å². The van der Waals surface area contributed by atoms with E-state index in [-0.39, 0.29) is 0 Å². The zero-order valence-corrected chi connectivity index (χ0v) is 8.79. The summed E-state index contributed by atoms with van der Waals surface area (Å²) >= 11 is 0. The van der Waals surface area contributed by atoms with Crippen LogP contribution in [0, 0.1) is 0 Å². The molecule has 0 aromatic rings. The highest BCUT2D eigenvalue weighted by Crippen LogP contribution is 1.83. The zero-order valence-electron chi connectivity index (χ0n) is 8.79. The third kappa shape index (κ3) is 9.24. The van der Waals surface area contributed by atoms with E-state index in [0.717, 1.165) is 0 Å². The van der Waals surface area contributed by atoms with Crippen molar-refractivity contribution < 1.29 is 9.90 Å². The quantitative estimate of drug-likeness (QED) is 0.367. The fourth-order valence-electron chi connectivity index (χ4n) is 1.03. The molecule has 0 heterocycles. The van der Waals surface area contributed by atoms with Gasteiger partial charge in [-0.25, -0.2) is 4.79 Å². The molecule has 6 nitrogen and oxygen atoms in total. The number of carbonyl (C=O) groups excluding carboxylic acids is 1. The molecular weight excluding hydrogens is 184 g/mol. The van der Waals surface area contributed by atoms with Gasteiger partial charge in [-0.15, -0.1) is 0 Å². The van der Waals surface area contributed by atoms with Crippen molar-refractivity contribution in [2.24, 2.45) is 5.73 Å². The number of likely N-dealkylation sites (N-methyl/N-ethyl adjacent to an activating group) is 1. The largest absolute Gasteiger partial charge is 0.390 e. The predicted molar refractivity (Wildman–Crippen MR) is 55.0 cm³/mol. The Bertz CT molecular complexity index is 163. The Kier molecular flexibility index (Phi) is 7.09. The summed E-state index contributed by atoms with van der Waals surface area (Å²) in [5.41, 5.74) is 4.87. The van der Waals surface area contributed by atoms with Crippen molar-refractivity contribution in [1.29, 1.82) is 0 Å². The molecule has 0 radical (unpaired) electrons. The number of nitrogens with two attached hydrogens (primary N) is 1. The molecule has 1 unspecified atom stereocenters. The monoisotopic (exact) mass is 204 g/mol. The Balaban J connectivity index is 3.23. The minimum atomic E-state index is -0.527. The normalized spacial score (nSPS) is 12.9. The molecule has 84 valence electrons. The standard InChI is InChI=1S/C8H20N4O2/c1-12(2)6-7(13)5-10-3-4-11-8(9)14/h7,10,13H,3-6H2,1-2H3,(H3,9,11,14). The molecule has 0 aliphatic carbocycles. The molecule has 0 aliphatic heterocycles. The lowest BCUT2D eigenvalue weighted by Crippen LogP contribution is -2.39. The fourth-order valence-corrected chi connectivity index (χ4v) is 1.03. The minimum Gasteiger partial charge on any atom is -0.390 e. The molecule has 0 rings (SSSR count). The summed E-state index contributed by atoms with van der Waals surface area (Å²) in [6.07, 6.45) is -0.390. The van der Waals surface area contributed by atoms with Crippen LogP contribution in [0.4, 0.5) is 4.79 Å². The van der Waals surface area contributed by atoms with Crippen molar-refractivity contribution in [1.82, 2.24) is 15.5 Å². The van der Waals surface area contributed by atoms with Crippen molar-refractivity contribution in [2.45, 2.75) is 6.10 Å². The second kappa shape index (κ2) is 7.54. The molecule has 0 spiro atoms. The lowest BCUT2D eigenvalue weighted by atomic mass is 10.3. The average molecular weight is 204 g/mol. The van der Waals surface area contributed by atoms with Gasteiger partial charge in [-0.2, -0.15) is 0 Å². The molecule has 1 atom stereocenters. The topological polar surface area (TPSA) is 90.6 Å². The number of rotatable bonds is 7. The Morgan fingerprint density at radius 3 is 2.64 bits per heavy atom. The van der Waals surface area contributed by atoms with E-state index < -0.39 is 12.1 Å². The first kappa shape index (κ1) is 13.2. The number of amides is 2. The predicted octanol–water partition coefficient (Wildman–Crippen LogP) is -1.83. The molecule has 0 saturated carbocycles. The smallest absolute Gasteiger partial charge is 0.312 e. The van der Waals surface area contributed by atoms with E-state index in [0.29, 0.717) is 26.2 Å². The molecule has 0 aromatic heterocycles. The number of urea groups is 1. The van der Waals surface area contributed by atoms with Gasteiger partial charge >= 0.3 is 6.03 Å². The van der Waals surface area contributed by atoms with Gasteiger partial charge in [-0.1, -0.05) is 0 Å². The molecule has 5 N–H and O–H groups in total. The van der Waals surface area contributed by atoms with E-state index in [9.17, 15) is 9.90 Å². The van der Waals surface area contributed by atoms with Gasteiger partial charge in [0.25, 0.3) is 0 Å². The van der Waals surface area contributed by atoms with E-state index in [1.165, 1.54) is 0 Å². The van der Waals surface area contributed by atoms with Gasteiger partial charge in [-0.05, 0) is 14.1 Å². The Morgan fingerprint density at radius 2 is 2.14 bits per heavy atom. The zero-order chi connectivity index (χ0) is 11.0. The second-order valence-corrected chi connectivity index (χ2v) is 3.41. The lowest BCUT2D eigenvalue weighted by Gasteiger charge is -2.16. The second-order valence-electron chi connectivity index (χ2n) is 3.41. The molecule has 6 heteroatoms. The first-order chi connectivity index (χ1) is 6.52. The summed E-state index contributed by atoms with van der Waals surface area (Å²) < 4.78 is 0. The SMILES string of the molecule is CN(C)CC(O)CNCCNC(N)=O. The maximum absolute atomic E-state index is 10.3. The number of nitrogens with zero attached hydrogens (tertiary/aromatic N) is 1. The summed E-state index contributed by atoms with van der Waals surface area (Å²) in [5.74, 6) is 0. The van der Waals surface area contributed by atoms with Gasteiger partial charge < -0.3 is 26.4 Å². The van der Waals surface area contributed by atoms with Crippen molar-refractivity contribution in [3.8, 4) is 0 Å². The number of primary amides is 1. The maximum Gasteiger partial charge on any atom is 0.312 e. The van der Waals surface area contributed by atoms with Crippen molar-refractivity contribution in [3.63, 3.8) is 0 Å². The van der Waals surface area contributed by atoms with Crippen LogP contribution in [0.25, 0.3) is 0 Å². The number of aliphatic hydroxyl groups excluding tert-OH is 1. The Hall–Kier alpha value is -0.850. The third-order valence-electron chi connectivity index (χ3n) is 1.56. The summed E-state index contributed by atoms with van der Waals surface area (Å²) in [7, 11) is 3.80. The summed E-state index contributed by atoms with van der Waals surface area (Å²) in [5, 5.41) is 14.9. The van der Waals surface area contributed by atoms with Crippen LogP contribution < -0.4 is 16.4 Å². The van der Waals surface area contributed by atoms with Gasteiger partial charge in [0.05, 0.1) is 6.10 Å². The van der Waals surface area contributed by atoms with E-state index in [2.05, 4.69) is 10.6 Å². The van der Waals surface area contributed by atoms with Crippen LogP contribution in [0.15, 0.2) is 0 Å². The van der Waals surface area contributed by atoms with Crippen LogP contribution in [-0.4, -0.2) is 62.4 Å². The number of carbonyl (C=O) groups is 1. The average Bonchev–Trinajstić information content (AvgIpc) is 2.01. The fraction of sp³-hybridized carbons (Fsp3) is 0.875. The van der Waals surface area contributed by atoms with E-state index >= 15 is 0 Å². The van der Waals surface area contributed by atoms with Crippen LogP contribution in [0.2, 0.25) is 0 Å². The van der Waals surface area contributed by atoms with E-state index in [1.54, 1.807) is 0 Å². The van der Waals surface area contributed by atoms with Crippen molar-refractivity contribution in [2.75, 3.05) is 40.3 Å². The molecule has 0 fully saturated rings. The first-order valence-electron chi connectivity index (χ1n) is 4.59. The molecule has 0 bridgehead atoms. The van der Waals surface area contributed by atoms with Crippen LogP contribution in [0.5, 0.6) is 0 Å². The molecular formula is C8H20N4O2. The summed E-state index contributed by atoms with van der Waals surface area (Å²) in [6.45, 7) is 2.21. The van der Waals surface area contributed by atoms with Gasteiger partial charge in [0.15, 0.2) is 0 Å². The van der Waals surface area contributed by atoms with Crippen LogP contribution in [-0.2, 0) is 0 Å². The van der Waals surface area contributed by atoms with Gasteiger partial charge in [0.1, 0.15) is 0 Å². The minimum absolute atomic E-state index is 0.390. The van der Waals surface area contributed by atoms with Crippen LogP contribution in [0.1, 0.15) is 0 Å². The van der Waals surface area contributed by atoms with E-state index in [4.69, 9.17) is 5.73 Å². The number of hydrogen-bond donors (Lipinski definition) is 4. The highest BCUT2D eigenvalue weighted by Gasteiger charge is 2.03. The van der Waals surface area contributed by atoms with Gasteiger partial charge in [0.2, 0.25) is 0 Å². The summed E-state index contributed by atoms with van der Waals surface area (Å²) in [6, 6.07) is -0.527. The van der Waals surface area contributed by atoms with Crippen molar-refractivity contribution in [3.05, 3.63) is 0 Å². The summed E-state index contributed by atoms with van der Waals surface area (Å²) in [4.78, 5) is 12.2. The Labute approximate surface area is 84.4 Å². The molecule has 0 aromatic carbocycles. The van der Waals surface area contributed by atoms with Gasteiger partial charge in [0, 0.05) is 26.2 Å². The number of nitrogens with one attached hydrogen (secondary N) is 2. The Morgan fingerprint density at radius 1 is 1.50 bits per heavy atom. The van der Waals surface area contributed by atoms with Crippen LogP contribution >= 0.6 is 0 Å². The number of hydrogen-bond acceptors (Lipinski definition) is 4. The van der Waals surface area contributed by atoms with Crippen molar-refractivity contribution >= 4 is 6.03 Å².